The van der Waals surface area contributed by atoms with Crippen molar-refractivity contribution in [3.63, 3.8) is 0 Å². The van der Waals surface area contributed by atoms with E-state index in [9.17, 15) is 9.65 Å². The highest BCUT2D eigenvalue weighted by molar-refractivity contribution is 5.85. The third-order valence-electron chi connectivity index (χ3n) is 5.04. The van der Waals surface area contributed by atoms with E-state index in [0.29, 0.717) is 36.4 Å². The first kappa shape index (κ1) is 18.1. The fraction of sp³-hybridized carbons (Fsp3) is 0.182. The third kappa shape index (κ3) is 3.20. The minimum atomic E-state index is -0.278. The molecular formula is C22H17FN6O. The van der Waals surface area contributed by atoms with E-state index in [1.54, 1.807) is 29.1 Å². The van der Waals surface area contributed by atoms with Gasteiger partial charge in [0.2, 0.25) is 5.88 Å². The Balaban J connectivity index is 1.57. The predicted molar refractivity (Wildman–Crippen MR) is 109 cm³/mol. The lowest BCUT2D eigenvalue weighted by Crippen LogP contribution is -2.17. The van der Waals surface area contributed by atoms with Gasteiger partial charge < -0.3 is 10.1 Å². The minimum absolute atomic E-state index is 0.278. The molecule has 1 aliphatic rings. The van der Waals surface area contributed by atoms with Crippen LogP contribution in [0, 0.1) is 17.1 Å². The minimum Gasteiger partial charge on any atom is -0.477 e. The summed E-state index contributed by atoms with van der Waals surface area (Å²) >= 11 is 0. The molecule has 7 nitrogen and oxygen atoms in total. The normalized spacial score (nSPS) is 12.8. The topological polar surface area (TPSA) is 88.7 Å². The van der Waals surface area contributed by atoms with Gasteiger partial charge in [-0.3, -0.25) is 0 Å². The summed E-state index contributed by atoms with van der Waals surface area (Å²) in [6.07, 6.45) is 3.30. The van der Waals surface area contributed by atoms with Crippen LogP contribution < -0.4 is 10.1 Å². The van der Waals surface area contributed by atoms with Crippen LogP contribution in [-0.4, -0.2) is 26.4 Å². The van der Waals surface area contributed by atoms with Gasteiger partial charge in [0.1, 0.15) is 11.6 Å². The standard InChI is InChI=1S/C22H17FN6O/c23-16-6-1-4-14(10-16)12-25-20-17-7-3-9-30-21(17)28-22(27-20)29-19-8-2-5-15(11-24)18(19)13-26-29/h1-2,4-6,8,10,13H,3,7,9,12H2,(H,25,27,28). The first-order valence-corrected chi connectivity index (χ1v) is 9.62. The van der Waals surface area contributed by atoms with Crippen LogP contribution in [0.3, 0.4) is 0 Å². The fourth-order valence-electron chi connectivity index (χ4n) is 3.60. The third-order valence-corrected chi connectivity index (χ3v) is 5.04. The number of ether oxygens (including phenoxy) is 1. The second kappa shape index (κ2) is 7.44. The fourth-order valence-corrected chi connectivity index (χ4v) is 3.60. The Kier molecular flexibility index (Phi) is 4.48. The summed E-state index contributed by atoms with van der Waals surface area (Å²) in [5.41, 5.74) is 2.98. The number of aromatic nitrogens is 4. The number of nitrogens with one attached hydrogen (secondary N) is 1. The van der Waals surface area contributed by atoms with Gasteiger partial charge in [-0.25, -0.2) is 4.39 Å². The Morgan fingerprint density at radius 2 is 2.10 bits per heavy atom. The van der Waals surface area contributed by atoms with Gasteiger partial charge in [-0.2, -0.15) is 25.0 Å². The summed E-state index contributed by atoms with van der Waals surface area (Å²) in [4.78, 5) is 9.27. The highest BCUT2D eigenvalue weighted by atomic mass is 19.1. The summed E-state index contributed by atoms with van der Waals surface area (Å²) in [5.74, 6) is 1.23. The Labute approximate surface area is 171 Å². The van der Waals surface area contributed by atoms with Gasteiger partial charge in [0.25, 0.3) is 5.95 Å². The number of hydrogen-bond donors (Lipinski definition) is 1. The van der Waals surface area contributed by atoms with Crippen LogP contribution in [0.1, 0.15) is 23.1 Å². The molecule has 0 unspecified atom stereocenters. The molecule has 0 spiro atoms. The number of anilines is 1. The molecule has 0 aliphatic carbocycles. The van der Waals surface area contributed by atoms with Crippen molar-refractivity contribution < 1.29 is 9.13 Å². The van der Waals surface area contributed by atoms with Crippen molar-refractivity contribution in [3.8, 4) is 17.9 Å². The molecular weight excluding hydrogens is 383 g/mol. The van der Waals surface area contributed by atoms with Crippen molar-refractivity contribution in [2.24, 2.45) is 0 Å². The molecule has 5 rings (SSSR count). The Hall–Kier alpha value is -3.99. The zero-order chi connectivity index (χ0) is 20.5. The van der Waals surface area contributed by atoms with Crippen LogP contribution in [0.4, 0.5) is 10.2 Å². The van der Waals surface area contributed by atoms with Crippen molar-refractivity contribution in [1.82, 2.24) is 19.7 Å². The molecule has 1 N–H and O–H groups in total. The number of benzene rings is 2. The second-order valence-electron chi connectivity index (χ2n) is 7.00. The smallest absolute Gasteiger partial charge is 0.256 e. The second-order valence-corrected chi connectivity index (χ2v) is 7.00. The van der Waals surface area contributed by atoms with E-state index >= 15 is 0 Å². The average Bonchev–Trinajstić information content (AvgIpc) is 3.21. The first-order valence-electron chi connectivity index (χ1n) is 9.62. The van der Waals surface area contributed by atoms with Gasteiger partial charge in [0.05, 0.1) is 35.5 Å². The summed E-state index contributed by atoms with van der Waals surface area (Å²) in [6.45, 7) is 1.00. The van der Waals surface area contributed by atoms with E-state index in [4.69, 9.17) is 9.72 Å². The zero-order valence-corrected chi connectivity index (χ0v) is 16.0. The number of rotatable bonds is 4. The molecule has 0 radical (unpaired) electrons. The quantitative estimate of drug-likeness (QED) is 0.561. The lowest BCUT2D eigenvalue weighted by molar-refractivity contribution is 0.275. The van der Waals surface area contributed by atoms with Crippen molar-refractivity contribution in [2.75, 3.05) is 11.9 Å². The van der Waals surface area contributed by atoms with Gasteiger partial charge in [0, 0.05) is 11.9 Å². The molecule has 3 heterocycles. The largest absolute Gasteiger partial charge is 0.477 e. The zero-order valence-electron chi connectivity index (χ0n) is 16.0. The van der Waals surface area contributed by atoms with Crippen molar-refractivity contribution >= 4 is 16.7 Å². The van der Waals surface area contributed by atoms with Crippen LogP contribution >= 0.6 is 0 Å². The first-order chi connectivity index (χ1) is 14.7. The van der Waals surface area contributed by atoms with Crippen LogP contribution in [0.5, 0.6) is 5.88 Å². The van der Waals surface area contributed by atoms with Crippen LogP contribution in [0.15, 0.2) is 48.7 Å². The summed E-state index contributed by atoms with van der Waals surface area (Å²) in [6, 6.07) is 14.0. The van der Waals surface area contributed by atoms with E-state index < -0.39 is 0 Å². The monoisotopic (exact) mass is 400 g/mol. The number of nitrogens with zero attached hydrogens (tertiary/aromatic N) is 5. The predicted octanol–water partition coefficient (Wildman–Crippen LogP) is 3.76. The molecule has 2 aromatic heterocycles. The van der Waals surface area contributed by atoms with E-state index in [1.165, 1.54) is 12.1 Å². The molecule has 0 fully saturated rings. The number of halogens is 1. The maximum atomic E-state index is 13.5. The number of hydrogen-bond acceptors (Lipinski definition) is 6. The molecule has 2 aromatic carbocycles. The van der Waals surface area contributed by atoms with E-state index in [0.717, 1.165) is 34.9 Å². The van der Waals surface area contributed by atoms with Crippen LogP contribution in [0.2, 0.25) is 0 Å². The number of nitriles is 1. The van der Waals surface area contributed by atoms with Gasteiger partial charge in [0.15, 0.2) is 0 Å². The Bertz CT molecular complexity index is 1290. The number of fused-ring (bicyclic) bond motifs is 2. The maximum absolute atomic E-state index is 13.5. The van der Waals surface area contributed by atoms with E-state index in [-0.39, 0.29) is 5.82 Å². The molecule has 0 saturated heterocycles. The van der Waals surface area contributed by atoms with E-state index in [2.05, 4.69) is 21.5 Å². The Morgan fingerprint density at radius 3 is 2.97 bits per heavy atom. The molecule has 8 heteroatoms. The molecule has 0 saturated carbocycles. The lowest BCUT2D eigenvalue weighted by Gasteiger charge is -2.20. The lowest BCUT2D eigenvalue weighted by atomic mass is 10.1. The molecule has 1 aliphatic heterocycles. The average molecular weight is 400 g/mol. The van der Waals surface area contributed by atoms with Gasteiger partial charge in [-0.1, -0.05) is 18.2 Å². The van der Waals surface area contributed by atoms with Crippen LogP contribution in [-0.2, 0) is 13.0 Å². The SMILES string of the molecule is N#Cc1cccc2c1cnn2-c1nc(NCc2cccc(F)c2)c2c(n1)OCCC2. The van der Waals surface area contributed by atoms with Gasteiger partial charge in [-0.15, -0.1) is 0 Å². The molecule has 4 aromatic rings. The molecule has 0 amide bonds. The van der Waals surface area contributed by atoms with E-state index in [1.807, 2.05) is 12.1 Å². The molecule has 30 heavy (non-hydrogen) atoms. The maximum Gasteiger partial charge on any atom is 0.256 e. The molecule has 148 valence electrons. The summed E-state index contributed by atoms with van der Waals surface area (Å²) in [7, 11) is 0. The Morgan fingerprint density at radius 1 is 1.20 bits per heavy atom. The van der Waals surface area contributed by atoms with Crippen molar-refractivity contribution in [2.45, 2.75) is 19.4 Å². The van der Waals surface area contributed by atoms with Gasteiger partial charge in [-0.05, 0) is 42.7 Å². The summed E-state index contributed by atoms with van der Waals surface area (Å²) in [5, 5.41) is 17.8. The van der Waals surface area contributed by atoms with Crippen LogP contribution in [0.25, 0.3) is 16.9 Å². The molecule has 0 atom stereocenters. The highest BCUT2D eigenvalue weighted by Gasteiger charge is 2.21. The van der Waals surface area contributed by atoms with Crippen molar-refractivity contribution in [1.29, 1.82) is 5.26 Å². The van der Waals surface area contributed by atoms with Gasteiger partial charge >= 0.3 is 0 Å². The van der Waals surface area contributed by atoms with Crippen molar-refractivity contribution in [3.05, 3.63) is 71.2 Å². The molecule has 0 bridgehead atoms. The summed E-state index contributed by atoms with van der Waals surface area (Å²) < 4.78 is 20.9. The highest BCUT2D eigenvalue weighted by Crippen LogP contribution is 2.30.